The summed E-state index contributed by atoms with van der Waals surface area (Å²) in [6.07, 6.45) is 1.90. The van der Waals surface area contributed by atoms with Gasteiger partial charge in [-0.25, -0.2) is 4.79 Å². The van der Waals surface area contributed by atoms with Gasteiger partial charge in [-0.05, 0) is 26.2 Å². The largest absolute Gasteiger partial charge is 0.480 e. The van der Waals surface area contributed by atoms with Gasteiger partial charge in [-0.2, -0.15) is 0 Å². The Morgan fingerprint density at radius 3 is 2.58 bits per heavy atom. The van der Waals surface area contributed by atoms with Gasteiger partial charge >= 0.3 is 12.0 Å². The lowest BCUT2D eigenvalue weighted by Gasteiger charge is -2.33. The number of carbonyl (C=O) groups is 3. The van der Waals surface area contributed by atoms with Crippen molar-refractivity contribution in [3.63, 3.8) is 0 Å². The Kier molecular flexibility index (Phi) is 5.14. The van der Waals surface area contributed by atoms with Crippen LogP contribution in [0.1, 0.15) is 33.1 Å². The van der Waals surface area contributed by atoms with Crippen molar-refractivity contribution in [3.8, 4) is 0 Å². The Bertz CT molecular complexity index is 372. The number of urea groups is 1. The Hall–Kier alpha value is -1.79. The van der Waals surface area contributed by atoms with Crippen molar-refractivity contribution in [2.75, 3.05) is 13.1 Å². The van der Waals surface area contributed by atoms with Gasteiger partial charge in [0.25, 0.3) is 0 Å². The minimum absolute atomic E-state index is 0.197. The number of rotatable bonds is 5. The standard InChI is InChI=1S/C12H21N3O4/c1-3-8(2)15(7-10(16)17)12(19)14-6-4-5-9(14)11(13)18/h8-9H,3-7H2,1-2H3,(H2,13,18)(H,16,17). The molecule has 0 aromatic heterocycles. The highest BCUT2D eigenvalue weighted by atomic mass is 16.4. The average Bonchev–Trinajstić information content (AvgIpc) is 2.83. The number of nitrogens with zero attached hydrogens (tertiary/aromatic N) is 2. The van der Waals surface area contributed by atoms with Crippen LogP contribution in [0.2, 0.25) is 0 Å². The molecule has 3 N–H and O–H groups in total. The molecular weight excluding hydrogens is 250 g/mol. The van der Waals surface area contributed by atoms with Gasteiger partial charge in [0.2, 0.25) is 5.91 Å². The molecule has 1 aliphatic heterocycles. The number of nitrogens with two attached hydrogens (primary N) is 1. The third kappa shape index (κ3) is 3.59. The third-order valence-electron chi connectivity index (χ3n) is 3.50. The van der Waals surface area contributed by atoms with Crippen LogP contribution in [0, 0.1) is 0 Å². The normalized spacial score (nSPS) is 20.1. The van der Waals surface area contributed by atoms with Crippen molar-refractivity contribution in [1.29, 1.82) is 0 Å². The second-order valence-corrected chi connectivity index (χ2v) is 4.82. The van der Waals surface area contributed by atoms with E-state index in [0.29, 0.717) is 25.8 Å². The quantitative estimate of drug-likeness (QED) is 0.747. The third-order valence-corrected chi connectivity index (χ3v) is 3.50. The number of aliphatic carboxylic acids is 1. The van der Waals surface area contributed by atoms with E-state index in [1.54, 1.807) is 6.92 Å². The molecule has 2 atom stereocenters. The zero-order valence-corrected chi connectivity index (χ0v) is 11.3. The summed E-state index contributed by atoms with van der Waals surface area (Å²) in [4.78, 5) is 37.2. The van der Waals surface area contributed by atoms with E-state index >= 15 is 0 Å². The molecule has 1 aliphatic rings. The Labute approximate surface area is 112 Å². The maximum atomic E-state index is 12.4. The summed E-state index contributed by atoms with van der Waals surface area (Å²) in [5, 5.41) is 8.89. The lowest BCUT2D eigenvalue weighted by Crippen LogP contribution is -2.53. The predicted octanol–water partition coefficient (Wildman–Crippen LogP) is 0.241. The minimum atomic E-state index is -1.07. The van der Waals surface area contributed by atoms with Crippen molar-refractivity contribution in [1.82, 2.24) is 9.80 Å². The van der Waals surface area contributed by atoms with E-state index in [2.05, 4.69) is 0 Å². The molecule has 1 fully saturated rings. The van der Waals surface area contributed by atoms with E-state index in [1.807, 2.05) is 6.92 Å². The smallest absolute Gasteiger partial charge is 0.323 e. The van der Waals surface area contributed by atoms with E-state index in [1.165, 1.54) is 9.80 Å². The molecule has 2 unspecified atom stereocenters. The monoisotopic (exact) mass is 271 g/mol. The zero-order valence-electron chi connectivity index (χ0n) is 11.3. The van der Waals surface area contributed by atoms with Gasteiger partial charge in [0.15, 0.2) is 0 Å². The fourth-order valence-corrected chi connectivity index (χ4v) is 2.23. The van der Waals surface area contributed by atoms with Crippen LogP contribution in [0.15, 0.2) is 0 Å². The molecule has 1 heterocycles. The molecule has 0 aromatic rings. The molecule has 3 amide bonds. The van der Waals surface area contributed by atoms with E-state index in [0.717, 1.165) is 0 Å². The van der Waals surface area contributed by atoms with Crippen LogP contribution in [0.4, 0.5) is 4.79 Å². The van der Waals surface area contributed by atoms with Crippen LogP contribution in [0.5, 0.6) is 0 Å². The van der Waals surface area contributed by atoms with Crippen molar-refractivity contribution in [2.45, 2.75) is 45.2 Å². The maximum Gasteiger partial charge on any atom is 0.323 e. The van der Waals surface area contributed by atoms with Gasteiger partial charge in [-0.3, -0.25) is 9.59 Å². The lowest BCUT2D eigenvalue weighted by molar-refractivity contribution is -0.138. The van der Waals surface area contributed by atoms with Crippen molar-refractivity contribution < 1.29 is 19.5 Å². The summed E-state index contributed by atoms with van der Waals surface area (Å²) in [7, 11) is 0. The van der Waals surface area contributed by atoms with Crippen LogP contribution < -0.4 is 5.73 Å². The Morgan fingerprint density at radius 2 is 2.11 bits per heavy atom. The number of amides is 3. The van der Waals surface area contributed by atoms with Gasteiger partial charge in [-0.1, -0.05) is 6.92 Å². The second kappa shape index (κ2) is 6.40. The topological polar surface area (TPSA) is 104 Å². The van der Waals surface area contributed by atoms with E-state index in [-0.39, 0.29) is 12.6 Å². The first kappa shape index (κ1) is 15.3. The van der Waals surface area contributed by atoms with Gasteiger partial charge in [-0.15, -0.1) is 0 Å². The summed E-state index contributed by atoms with van der Waals surface area (Å²) in [5.41, 5.74) is 5.27. The minimum Gasteiger partial charge on any atom is -0.480 e. The predicted molar refractivity (Wildman–Crippen MR) is 68.4 cm³/mol. The highest BCUT2D eigenvalue weighted by Gasteiger charge is 2.36. The zero-order chi connectivity index (χ0) is 14.6. The molecule has 0 spiro atoms. The number of hydrogen-bond acceptors (Lipinski definition) is 3. The SMILES string of the molecule is CCC(C)N(CC(=O)O)C(=O)N1CCCC1C(N)=O. The van der Waals surface area contributed by atoms with Crippen LogP contribution in [-0.2, 0) is 9.59 Å². The summed E-state index contributed by atoms with van der Waals surface area (Å²) >= 11 is 0. The van der Waals surface area contributed by atoms with Crippen LogP contribution in [0.25, 0.3) is 0 Å². The molecule has 0 saturated carbocycles. The number of primary amides is 1. The first-order valence-electron chi connectivity index (χ1n) is 6.46. The average molecular weight is 271 g/mol. The molecule has 7 nitrogen and oxygen atoms in total. The van der Waals surface area contributed by atoms with Gasteiger partial charge in [0, 0.05) is 12.6 Å². The molecule has 1 rings (SSSR count). The van der Waals surface area contributed by atoms with E-state index < -0.39 is 23.9 Å². The summed E-state index contributed by atoms with van der Waals surface area (Å²) < 4.78 is 0. The summed E-state index contributed by atoms with van der Waals surface area (Å²) in [6, 6.07) is -1.23. The number of carbonyl (C=O) groups excluding carboxylic acids is 2. The Balaban J connectivity index is 2.86. The molecule has 0 bridgehead atoms. The summed E-state index contributed by atoms with van der Waals surface area (Å²) in [5.74, 6) is -1.60. The maximum absolute atomic E-state index is 12.4. The van der Waals surface area contributed by atoms with Crippen LogP contribution >= 0.6 is 0 Å². The highest BCUT2D eigenvalue weighted by Crippen LogP contribution is 2.20. The van der Waals surface area contributed by atoms with E-state index in [9.17, 15) is 14.4 Å². The highest BCUT2D eigenvalue weighted by molar-refractivity contribution is 5.88. The number of carboxylic acids is 1. The summed E-state index contributed by atoms with van der Waals surface area (Å²) in [6.45, 7) is 3.74. The van der Waals surface area contributed by atoms with Gasteiger partial charge in [0.05, 0.1) is 0 Å². The molecule has 7 heteroatoms. The van der Waals surface area contributed by atoms with Gasteiger partial charge < -0.3 is 20.6 Å². The van der Waals surface area contributed by atoms with Crippen molar-refractivity contribution >= 4 is 17.9 Å². The molecule has 0 aliphatic carbocycles. The number of likely N-dealkylation sites (tertiary alicyclic amines) is 1. The second-order valence-electron chi connectivity index (χ2n) is 4.82. The molecular formula is C12H21N3O4. The van der Waals surface area contributed by atoms with Crippen molar-refractivity contribution in [2.24, 2.45) is 5.73 Å². The van der Waals surface area contributed by atoms with Gasteiger partial charge in [0.1, 0.15) is 12.6 Å². The number of hydrogen-bond donors (Lipinski definition) is 2. The van der Waals surface area contributed by atoms with E-state index in [4.69, 9.17) is 10.8 Å². The fourth-order valence-electron chi connectivity index (χ4n) is 2.23. The molecule has 19 heavy (non-hydrogen) atoms. The Morgan fingerprint density at radius 1 is 1.47 bits per heavy atom. The van der Waals surface area contributed by atoms with Crippen LogP contribution in [0.3, 0.4) is 0 Å². The van der Waals surface area contributed by atoms with Crippen molar-refractivity contribution in [3.05, 3.63) is 0 Å². The molecule has 0 aromatic carbocycles. The van der Waals surface area contributed by atoms with Crippen LogP contribution in [-0.4, -0.2) is 58.0 Å². The molecule has 1 saturated heterocycles. The molecule has 108 valence electrons. The lowest BCUT2D eigenvalue weighted by atomic mass is 10.2. The fraction of sp³-hybridized carbons (Fsp3) is 0.750. The first-order chi connectivity index (χ1) is 8.88. The molecule has 0 radical (unpaired) electrons. The number of carboxylic acid groups (broad SMARTS) is 1. The first-order valence-corrected chi connectivity index (χ1v) is 6.46.